The van der Waals surface area contributed by atoms with Crippen LogP contribution >= 0.6 is 0 Å². The number of carbonyl (C=O) groups excluding carboxylic acids is 1. The van der Waals surface area contributed by atoms with Crippen LogP contribution in [0.4, 0.5) is 10.7 Å². The minimum atomic E-state index is -1.01. The number of urea groups is 1. The lowest BCUT2D eigenvalue weighted by molar-refractivity contribution is -0.0696. The number of benzene rings is 1. The molecule has 7 heteroatoms. The Morgan fingerprint density at radius 1 is 1.52 bits per heavy atom. The van der Waals surface area contributed by atoms with Gasteiger partial charge in [0.2, 0.25) is 5.95 Å². The Morgan fingerprint density at radius 2 is 2.29 bits per heavy atom. The maximum atomic E-state index is 11.6. The van der Waals surface area contributed by atoms with Crippen LogP contribution in [0.2, 0.25) is 0 Å². The number of aliphatic hydroxyl groups is 1. The third kappa shape index (κ3) is 4.30. The van der Waals surface area contributed by atoms with Gasteiger partial charge in [-0.25, -0.2) is 9.78 Å². The molecule has 1 heterocycles. The molecule has 1 unspecified atom stereocenters. The Hall–Kier alpha value is -2.38. The first-order valence-electron chi connectivity index (χ1n) is 6.51. The van der Waals surface area contributed by atoms with Gasteiger partial charge >= 0.3 is 6.03 Å². The Labute approximate surface area is 122 Å². The van der Waals surface area contributed by atoms with E-state index in [9.17, 15) is 9.90 Å². The summed E-state index contributed by atoms with van der Waals surface area (Å²) < 4.78 is 5.04. The predicted octanol–water partition coefficient (Wildman–Crippen LogP) is 1.60. The van der Waals surface area contributed by atoms with Gasteiger partial charge in [-0.15, -0.1) is 0 Å². The second-order valence-corrected chi connectivity index (χ2v) is 4.55. The molecule has 0 aliphatic rings. The van der Waals surface area contributed by atoms with Crippen molar-refractivity contribution in [2.45, 2.75) is 13.2 Å². The number of ether oxygens (including phenoxy) is 1. The maximum Gasteiger partial charge on any atom is 0.321 e. The number of rotatable bonds is 6. The van der Waals surface area contributed by atoms with E-state index < -0.39 is 12.3 Å². The highest BCUT2D eigenvalue weighted by Gasteiger charge is 2.07. The van der Waals surface area contributed by atoms with Gasteiger partial charge in [0.1, 0.15) is 0 Å². The number of hydrogen-bond acceptors (Lipinski definition) is 4. The fourth-order valence-electron chi connectivity index (χ4n) is 1.64. The van der Waals surface area contributed by atoms with Gasteiger partial charge in [-0.3, -0.25) is 5.32 Å². The van der Waals surface area contributed by atoms with Gasteiger partial charge in [0, 0.05) is 6.54 Å². The fraction of sp³-hybridized carbons (Fsp3) is 0.286. The van der Waals surface area contributed by atoms with E-state index in [1.165, 1.54) is 0 Å². The summed E-state index contributed by atoms with van der Waals surface area (Å²) in [6, 6.07) is 7.08. The van der Waals surface area contributed by atoms with Gasteiger partial charge in [0.25, 0.3) is 0 Å². The number of amides is 2. The lowest BCUT2D eigenvalue weighted by Crippen LogP contribution is -2.32. The molecule has 0 fully saturated rings. The van der Waals surface area contributed by atoms with Crippen molar-refractivity contribution in [3.05, 3.63) is 36.4 Å². The van der Waals surface area contributed by atoms with E-state index >= 15 is 0 Å². The number of aromatic amines is 1. The van der Waals surface area contributed by atoms with E-state index in [-0.39, 0.29) is 13.2 Å². The second kappa shape index (κ2) is 6.87. The summed E-state index contributed by atoms with van der Waals surface area (Å²) in [7, 11) is 0. The third-order valence-electron chi connectivity index (χ3n) is 2.71. The first-order chi connectivity index (χ1) is 10.1. The number of anilines is 1. The van der Waals surface area contributed by atoms with Crippen molar-refractivity contribution in [3.8, 4) is 0 Å². The number of aromatic nitrogens is 2. The summed E-state index contributed by atoms with van der Waals surface area (Å²) in [6.45, 7) is 5.66. The fourth-order valence-corrected chi connectivity index (χ4v) is 1.64. The van der Waals surface area contributed by atoms with Crippen LogP contribution in [0.15, 0.2) is 36.4 Å². The van der Waals surface area contributed by atoms with Crippen molar-refractivity contribution in [2.24, 2.45) is 0 Å². The molecule has 1 aromatic carbocycles. The van der Waals surface area contributed by atoms with Crippen LogP contribution in [0, 0.1) is 0 Å². The Balaban J connectivity index is 1.75. The first-order valence-corrected chi connectivity index (χ1v) is 6.51. The lowest BCUT2D eigenvalue weighted by atomic mass is 10.3. The largest absolute Gasteiger partial charge is 0.364 e. The number of para-hydroxylation sites is 2. The molecule has 1 atom stereocenters. The molecule has 2 amide bonds. The number of carbonyl (C=O) groups is 1. The number of H-pyrrole nitrogens is 1. The highest BCUT2D eigenvalue weighted by atomic mass is 16.6. The monoisotopic (exact) mass is 290 g/mol. The van der Waals surface area contributed by atoms with Crippen LogP contribution in [0.1, 0.15) is 6.92 Å². The molecule has 0 radical (unpaired) electrons. The zero-order valence-electron chi connectivity index (χ0n) is 11.7. The number of nitrogens with zero attached hydrogens (tertiary/aromatic N) is 1. The quantitative estimate of drug-likeness (QED) is 0.369. The SMILES string of the molecule is C=C(C)C(O)OCCNC(=O)Nc1nc2ccccc2[nH]1. The van der Waals surface area contributed by atoms with E-state index in [0.717, 1.165) is 11.0 Å². The van der Waals surface area contributed by atoms with Gasteiger partial charge in [0.15, 0.2) is 6.29 Å². The lowest BCUT2D eigenvalue weighted by Gasteiger charge is -2.11. The van der Waals surface area contributed by atoms with Gasteiger partial charge in [0.05, 0.1) is 17.6 Å². The van der Waals surface area contributed by atoms with E-state index in [1.807, 2.05) is 24.3 Å². The van der Waals surface area contributed by atoms with E-state index in [0.29, 0.717) is 11.5 Å². The Bertz CT molecular complexity index is 605. The zero-order valence-corrected chi connectivity index (χ0v) is 11.7. The van der Waals surface area contributed by atoms with Gasteiger partial charge < -0.3 is 20.1 Å². The number of imidazole rings is 1. The summed E-state index contributed by atoms with van der Waals surface area (Å²) in [6.07, 6.45) is -1.01. The van der Waals surface area contributed by atoms with Crippen molar-refractivity contribution in [2.75, 3.05) is 18.5 Å². The van der Waals surface area contributed by atoms with E-state index in [2.05, 4.69) is 27.2 Å². The number of hydrogen-bond donors (Lipinski definition) is 4. The molecule has 7 nitrogen and oxygen atoms in total. The van der Waals surface area contributed by atoms with Crippen LogP contribution in [-0.4, -0.2) is 40.5 Å². The molecule has 2 rings (SSSR count). The Morgan fingerprint density at radius 3 is 3.00 bits per heavy atom. The summed E-state index contributed by atoms with van der Waals surface area (Å²) in [5.74, 6) is 0.372. The van der Waals surface area contributed by atoms with E-state index in [1.54, 1.807) is 6.92 Å². The molecule has 0 aliphatic heterocycles. The molecule has 4 N–H and O–H groups in total. The molecule has 1 aromatic heterocycles. The minimum absolute atomic E-state index is 0.182. The normalized spacial score (nSPS) is 12.1. The van der Waals surface area contributed by atoms with Crippen LogP contribution < -0.4 is 10.6 Å². The molecule has 21 heavy (non-hydrogen) atoms. The predicted molar refractivity (Wildman–Crippen MR) is 79.9 cm³/mol. The maximum absolute atomic E-state index is 11.6. The highest BCUT2D eigenvalue weighted by Crippen LogP contribution is 2.12. The average molecular weight is 290 g/mol. The van der Waals surface area contributed by atoms with Crippen LogP contribution in [-0.2, 0) is 4.74 Å². The van der Waals surface area contributed by atoms with Crippen molar-refractivity contribution >= 4 is 23.0 Å². The van der Waals surface area contributed by atoms with Gasteiger partial charge in [-0.1, -0.05) is 18.7 Å². The van der Waals surface area contributed by atoms with Gasteiger partial charge in [-0.2, -0.15) is 0 Å². The first kappa shape index (κ1) is 15.0. The standard InChI is InChI=1S/C14H18N4O3/c1-9(2)12(19)21-8-7-15-14(20)18-13-16-10-5-3-4-6-11(10)17-13/h3-6,12,19H,1,7-8H2,2H3,(H3,15,16,17,18,20). The van der Waals surface area contributed by atoms with Crippen LogP contribution in [0.5, 0.6) is 0 Å². The van der Waals surface area contributed by atoms with E-state index in [4.69, 9.17) is 4.74 Å². The second-order valence-electron chi connectivity index (χ2n) is 4.55. The van der Waals surface area contributed by atoms with Crippen LogP contribution in [0.3, 0.4) is 0 Å². The smallest absolute Gasteiger partial charge is 0.321 e. The van der Waals surface area contributed by atoms with Crippen molar-refractivity contribution in [1.82, 2.24) is 15.3 Å². The molecule has 0 spiro atoms. The third-order valence-corrected chi connectivity index (χ3v) is 2.71. The molecular weight excluding hydrogens is 272 g/mol. The summed E-state index contributed by atoms with van der Waals surface area (Å²) in [4.78, 5) is 18.9. The molecule has 0 saturated carbocycles. The van der Waals surface area contributed by atoms with Crippen LogP contribution in [0.25, 0.3) is 11.0 Å². The molecule has 0 bridgehead atoms. The highest BCUT2D eigenvalue weighted by molar-refractivity contribution is 5.89. The number of nitrogens with one attached hydrogen (secondary N) is 3. The molecule has 0 aliphatic carbocycles. The topological polar surface area (TPSA) is 99.3 Å². The number of fused-ring (bicyclic) bond motifs is 1. The minimum Gasteiger partial charge on any atom is -0.364 e. The summed E-state index contributed by atoms with van der Waals surface area (Å²) >= 11 is 0. The van der Waals surface area contributed by atoms with Crippen molar-refractivity contribution in [1.29, 1.82) is 0 Å². The summed E-state index contributed by atoms with van der Waals surface area (Å²) in [5.41, 5.74) is 2.14. The van der Waals surface area contributed by atoms with Crippen molar-refractivity contribution < 1.29 is 14.6 Å². The molecule has 112 valence electrons. The zero-order chi connectivity index (χ0) is 15.2. The average Bonchev–Trinajstić information content (AvgIpc) is 2.85. The summed E-state index contributed by atoms with van der Waals surface area (Å²) in [5, 5.41) is 14.5. The number of aliphatic hydroxyl groups excluding tert-OH is 1. The van der Waals surface area contributed by atoms with Crippen molar-refractivity contribution in [3.63, 3.8) is 0 Å². The van der Waals surface area contributed by atoms with Gasteiger partial charge in [-0.05, 0) is 24.6 Å². The molecular formula is C14H18N4O3. The Kier molecular flexibility index (Phi) is 4.91. The molecule has 0 saturated heterocycles. The molecule has 2 aromatic rings.